The van der Waals surface area contributed by atoms with E-state index in [2.05, 4.69) is 15.1 Å². The zero-order chi connectivity index (χ0) is 25.1. The number of pyridine rings is 1. The van der Waals surface area contributed by atoms with Crippen LogP contribution in [0.15, 0.2) is 36.4 Å². The van der Waals surface area contributed by atoms with Gasteiger partial charge in [-0.05, 0) is 44.9 Å². The standard InChI is InChI=1S/C25H27N5O4S/c1-6-33-24(32)21-17(4)27-25(35-21)30(13-18-10-8-7-9-11-18)19(31)14-34-23-20-15(2)12-16(3)26-22(20)29(5)28-23/h7-12H,6,13-14H2,1-5H3. The Bertz CT molecular complexity index is 1380. The van der Waals surface area contributed by atoms with Gasteiger partial charge in [0.25, 0.3) is 5.91 Å². The lowest BCUT2D eigenvalue weighted by molar-refractivity contribution is -0.120. The van der Waals surface area contributed by atoms with Crippen LogP contribution in [0, 0.1) is 20.8 Å². The van der Waals surface area contributed by atoms with Gasteiger partial charge in [0.05, 0.1) is 24.2 Å². The van der Waals surface area contributed by atoms with Gasteiger partial charge >= 0.3 is 5.97 Å². The van der Waals surface area contributed by atoms with Gasteiger partial charge in [0.2, 0.25) is 5.88 Å². The van der Waals surface area contributed by atoms with E-state index in [1.54, 1.807) is 25.6 Å². The molecule has 0 saturated heterocycles. The second kappa shape index (κ2) is 10.2. The van der Waals surface area contributed by atoms with Gasteiger partial charge in [0.1, 0.15) is 4.88 Å². The molecule has 0 aliphatic carbocycles. The average Bonchev–Trinajstić information content (AvgIpc) is 3.36. The maximum atomic E-state index is 13.4. The molecule has 182 valence electrons. The number of rotatable bonds is 8. The van der Waals surface area contributed by atoms with Crippen LogP contribution in [0.3, 0.4) is 0 Å². The molecule has 0 bridgehead atoms. The van der Waals surface area contributed by atoms with Gasteiger partial charge in [0.15, 0.2) is 17.4 Å². The van der Waals surface area contributed by atoms with Crippen molar-refractivity contribution < 1.29 is 19.1 Å². The molecular formula is C25H27N5O4S. The highest BCUT2D eigenvalue weighted by molar-refractivity contribution is 7.17. The number of carbonyl (C=O) groups excluding carboxylic acids is 2. The van der Waals surface area contributed by atoms with E-state index >= 15 is 0 Å². The molecule has 4 rings (SSSR count). The number of benzene rings is 1. The third kappa shape index (κ3) is 5.17. The predicted molar refractivity (Wildman–Crippen MR) is 134 cm³/mol. The number of amides is 1. The van der Waals surface area contributed by atoms with E-state index in [1.807, 2.05) is 50.2 Å². The van der Waals surface area contributed by atoms with Crippen LogP contribution in [-0.2, 0) is 23.1 Å². The first kappa shape index (κ1) is 24.3. The van der Waals surface area contributed by atoms with Gasteiger partial charge in [0, 0.05) is 12.7 Å². The van der Waals surface area contributed by atoms with Gasteiger partial charge in [-0.15, -0.1) is 5.10 Å². The molecule has 1 aromatic carbocycles. The molecule has 0 saturated carbocycles. The maximum Gasteiger partial charge on any atom is 0.350 e. The second-order valence-corrected chi connectivity index (χ2v) is 9.07. The molecule has 0 radical (unpaired) electrons. The van der Waals surface area contributed by atoms with Crippen LogP contribution in [0.2, 0.25) is 0 Å². The van der Waals surface area contributed by atoms with Gasteiger partial charge in [-0.25, -0.2) is 19.4 Å². The topological polar surface area (TPSA) is 99.4 Å². The maximum absolute atomic E-state index is 13.4. The summed E-state index contributed by atoms with van der Waals surface area (Å²) in [4.78, 5) is 36.7. The molecule has 0 N–H and O–H groups in total. The largest absolute Gasteiger partial charge is 0.466 e. The Balaban J connectivity index is 1.62. The van der Waals surface area contributed by atoms with Gasteiger partial charge < -0.3 is 9.47 Å². The van der Waals surface area contributed by atoms with Gasteiger partial charge in [-0.1, -0.05) is 41.7 Å². The molecule has 9 nitrogen and oxygen atoms in total. The van der Waals surface area contributed by atoms with Crippen molar-refractivity contribution in [1.82, 2.24) is 19.7 Å². The molecule has 0 aliphatic rings. The van der Waals surface area contributed by atoms with E-state index in [-0.39, 0.29) is 25.7 Å². The SMILES string of the molecule is CCOC(=O)c1sc(N(Cc2ccccc2)C(=O)COc2nn(C)c3nc(C)cc(C)c23)nc1C. The zero-order valence-corrected chi connectivity index (χ0v) is 21.2. The first-order valence-electron chi connectivity index (χ1n) is 11.2. The van der Waals surface area contributed by atoms with E-state index in [9.17, 15) is 9.59 Å². The highest BCUT2D eigenvalue weighted by atomic mass is 32.1. The number of carbonyl (C=O) groups is 2. The summed E-state index contributed by atoms with van der Waals surface area (Å²) in [5.41, 5.74) is 3.99. The van der Waals surface area contributed by atoms with E-state index in [0.29, 0.717) is 27.2 Å². The Morgan fingerprint density at radius 2 is 1.86 bits per heavy atom. The average molecular weight is 494 g/mol. The lowest BCUT2D eigenvalue weighted by Gasteiger charge is -2.20. The summed E-state index contributed by atoms with van der Waals surface area (Å²) < 4.78 is 12.7. The fourth-order valence-corrected chi connectivity index (χ4v) is 4.75. The Morgan fingerprint density at radius 3 is 2.57 bits per heavy atom. The Morgan fingerprint density at radius 1 is 1.11 bits per heavy atom. The summed E-state index contributed by atoms with van der Waals surface area (Å²) in [6.45, 7) is 7.65. The lowest BCUT2D eigenvalue weighted by Crippen LogP contribution is -2.34. The van der Waals surface area contributed by atoms with Crippen LogP contribution in [0.1, 0.15) is 39.1 Å². The van der Waals surface area contributed by atoms with Crippen LogP contribution < -0.4 is 9.64 Å². The molecule has 0 aliphatic heterocycles. The molecule has 10 heteroatoms. The molecule has 0 fully saturated rings. The highest BCUT2D eigenvalue weighted by Gasteiger charge is 2.25. The molecule has 0 unspecified atom stereocenters. The molecule has 35 heavy (non-hydrogen) atoms. The van der Waals surface area contributed by atoms with Crippen LogP contribution in [-0.4, -0.2) is 44.8 Å². The second-order valence-electron chi connectivity index (χ2n) is 8.09. The van der Waals surface area contributed by atoms with Crippen molar-refractivity contribution in [2.45, 2.75) is 34.2 Å². The molecule has 0 atom stereocenters. The van der Waals surface area contributed by atoms with E-state index in [0.717, 1.165) is 33.5 Å². The van der Waals surface area contributed by atoms with Gasteiger partial charge in [-0.2, -0.15) is 0 Å². The normalized spacial score (nSPS) is 11.0. The predicted octanol–water partition coefficient (Wildman–Crippen LogP) is 4.14. The third-order valence-corrected chi connectivity index (χ3v) is 6.54. The summed E-state index contributed by atoms with van der Waals surface area (Å²) in [7, 11) is 1.79. The van der Waals surface area contributed by atoms with Crippen LogP contribution in [0.25, 0.3) is 11.0 Å². The molecule has 3 aromatic heterocycles. The minimum absolute atomic E-state index is 0.250. The number of fused-ring (bicyclic) bond motifs is 1. The number of aryl methyl sites for hydroxylation is 4. The summed E-state index contributed by atoms with van der Waals surface area (Å²) >= 11 is 1.13. The van der Waals surface area contributed by atoms with Crippen molar-refractivity contribution >= 4 is 39.4 Å². The monoisotopic (exact) mass is 493 g/mol. The quantitative estimate of drug-likeness (QED) is 0.340. The van der Waals surface area contributed by atoms with Crippen molar-refractivity contribution in [3.63, 3.8) is 0 Å². The van der Waals surface area contributed by atoms with Crippen LogP contribution in [0.4, 0.5) is 5.13 Å². The minimum atomic E-state index is -0.449. The number of aromatic nitrogens is 4. The smallest absolute Gasteiger partial charge is 0.350 e. The number of anilines is 1. The molecule has 0 spiro atoms. The summed E-state index contributed by atoms with van der Waals surface area (Å²) in [5.74, 6) is -0.409. The van der Waals surface area contributed by atoms with Crippen molar-refractivity contribution in [2.75, 3.05) is 18.1 Å². The van der Waals surface area contributed by atoms with E-state index in [1.165, 1.54) is 4.90 Å². The molecule has 3 heterocycles. The highest BCUT2D eigenvalue weighted by Crippen LogP contribution is 2.30. The summed E-state index contributed by atoms with van der Waals surface area (Å²) in [6, 6.07) is 11.5. The Hall–Kier alpha value is -3.79. The summed E-state index contributed by atoms with van der Waals surface area (Å²) in [5, 5.41) is 5.61. The van der Waals surface area contributed by atoms with Crippen LogP contribution >= 0.6 is 11.3 Å². The molecule has 4 aromatic rings. The first-order valence-corrected chi connectivity index (χ1v) is 12.0. The van der Waals surface area contributed by atoms with E-state index < -0.39 is 5.97 Å². The summed E-state index contributed by atoms with van der Waals surface area (Å²) in [6.07, 6.45) is 0. The van der Waals surface area contributed by atoms with Crippen molar-refractivity contribution in [2.24, 2.45) is 7.05 Å². The fraction of sp³-hybridized carbons (Fsp3) is 0.320. The number of nitrogens with zero attached hydrogens (tertiary/aromatic N) is 5. The number of thiazole rings is 1. The lowest BCUT2D eigenvalue weighted by atomic mass is 10.2. The number of hydrogen-bond acceptors (Lipinski definition) is 8. The molecule has 1 amide bonds. The fourth-order valence-electron chi connectivity index (χ4n) is 3.77. The van der Waals surface area contributed by atoms with Crippen LogP contribution in [0.5, 0.6) is 5.88 Å². The Kier molecular flexibility index (Phi) is 7.11. The molecular weight excluding hydrogens is 466 g/mol. The van der Waals surface area contributed by atoms with Crippen molar-refractivity contribution in [3.05, 3.63) is 63.8 Å². The van der Waals surface area contributed by atoms with E-state index in [4.69, 9.17) is 9.47 Å². The number of hydrogen-bond donors (Lipinski definition) is 0. The first-order chi connectivity index (χ1) is 16.8. The zero-order valence-electron chi connectivity index (χ0n) is 20.4. The van der Waals surface area contributed by atoms with Gasteiger partial charge in [-0.3, -0.25) is 9.69 Å². The minimum Gasteiger partial charge on any atom is -0.466 e. The number of ether oxygens (including phenoxy) is 2. The number of esters is 1. The Labute approximate surface area is 207 Å². The van der Waals surface area contributed by atoms with Crippen molar-refractivity contribution in [3.8, 4) is 5.88 Å². The third-order valence-electron chi connectivity index (χ3n) is 5.38. The van der Waals surface area contributed by atoms with Crippen molar-refractivity contribution in [1.29, 1.82) is 0 Å².